The highest BCUT2D eigenvalue weighted by Gasteiger charge is 2.26. The van der Waals surface area contributed by atoms with Crippen molar-refractivity contribution in [1.82, 2.24) is 0 Å². The summed E-state index contributed by atoms with van der Waals surface area (Å²) >= 11 is 5.25. The molecule has 0 amide bonds. The van der Waals surface area contributed by atoms with Gasteiger partial charge in [0.05, 0.1) is 25.7 Å². The molecule has 1 unspecified atom stereocenters. The molecule has 0 aromatic carbocycles. The molecule has 0 spiro atoms. The van der Waals surface area contributed by atoms with E-state index in [1.54, 1.807) is 6.07 Å². The zero-order chi connectivity index (χ0) is 9.61. The maximum absolute atomic E-state index is 11.5. The molecule has 0 aliphatic carbocycles. The molecule has 2 nitrogen and oxygen atoms in total. The Kier molecular flexibility index (Phi) is 5.02. The summed E-state index contributed by atoms with van der Waals surface area (Å²) in [5, 5.41) is 7.23. The van der Waals surface area contributed by atoms with Gasteiger partial charge in [-0.3, -0.25) is 0 Å². The van der Waals surface area contributed by atoms with Gasteiger partial charge in [-0.1, -0.05) is 0 Å². The molecule has 0 aliphatic heterocycles. The average molecular weight is 202 g/mol. The van der Waals surface area contributed by atoms with E-state index in [1.807, 2.05) is 0 Å². The van der Waals surface area contributed by atoms with Crippen LogP contribution in [0.4, 0.5) is 13.2 Å². The molecular weight excluding hydrogens is 195 g/mol. The fourth-order valence-electron chi connectivity index (χ4n) is 0.412. The van der Waals surface area contributed by atoms with Gasteiger partial charge in [-0.05, 0) is 0 Å². The third-order valence-electron chi connectivity index (χ3n) is 0.934. The van der Waals surface area contributed by atoms with Gasteiger partial charge >= 0.3 is 6.18 Å². The SMILES string of the molecule is N#CC(Cl)COCCC(F)(F)F. The molecule has 0 saturated carbocycles. The molecule has 6 heteroatoms. The molecule has 1 atom stereocenters. The molecule has 12 heavy (non-hydrogen) atoms. The fraction of sp³-hybridized carbons (Fsp3) is 0.833. The number of nitrogens with zero attached hydrogens (tertiary/aromatic N) is 1. The lowest BCUT2D eigenvalue weighted by atomic mass is 10.4. The van der Waals surface area contributed by atoms with Crippen LogP contribution in [0.1, 0.15) is 6.42 Å². The van der Waals surface area contributed by atoms with Gasteiger partial charge in [-0.2, -0.15) is 18.4 Å². The topological polar surface area (TPSA) is 33.0 Å². The lowest BCUT2D eigenvalue weighted by Crippen LogP contribution is -2.14. The Bertz CT molecular complexity index is 165. The van der Waals surface area contributed by atoms with Gasteiger partial charge < -0.3 is 4.74 Å². The van der Waals surface area contributed by atoms with E-state index in [0.29, 0.717) is 0 Å². The number of halogens is 4. The maximum Gasteiger partial charge on any atom is 0.391 e. The Morgan fingerprint density at radius 2 is 2.08 bits per heavy atom. The minimum atomic E-state index is -4.21. The van der Waals surface area contributed by atoms with Gasteiger partial charge in [0.25, 0.3) is 0 Å². The minimum Gasteiger partial charge on any atom is -0.378 e. The average Bonchev–Trinajstić information content (AvgIpc) is 1.96. The highest BCUT2D eigenvalue weighted by Crippen LogP contribution is 2.18. The molecule has 0 saturated heterocycles. The van der Waals surface area contributed by atoms with Gasteiger partial charge in [0, 0.05) is 0 Å². The van der Waals surface area contributed by atoms with Crippen molar-refractivity contribution < 1.29 is 17.9 Å². The first-order chi connectivity index (χ1) is 5.45. The van der Waals surface area contributed by atoms with Crippen molar-refractivity contribution >= 4 is 11.6 Å². The molecular formula is C6H7ClF3NO. The van der Waals surface area contributed by atoms with Crippen LogP contribution in [0.5, 0.6) is 0 Å². The molecule has 0 rings (SSSR count). The molecule has 0 fully saturated rings. The molecule has 0 aromatic heterocycles. The molecule has 0 aromatic rings. The molecule has 70 valence electrons. The number of hydrogen-bond donors (Lipinski definition) is 0. The van der Waals surface area contributed by atoms with Gasteiger partial charge in [-0.15, -0.1) is 11.6 Å². The van der Waals surface area contributed by atoms with E-state index in [4.69, 9.17) is 16.9 Å². The quantitative estimate of drug-likeness (QED) is 0.515. The Hall–Kier alpha value is -0.470. The van der Waals surface area contributed by atoms with Crippen LogP contribution in [0.3, 0.4) is 0 Å². The van der Waals surface area contributed by atoms with E-state index in [1.165, 1.54) is 0 Å². The van der Waals surface area contributed by atoms with E-state index >= 15 is 0 Å². The summed E-state index contributed by atoms with van der Waals surface area (Å²) in [6, 6.07) is 1.62. The van der Waals surface area contributed by atoms with Gasteiger partial charge in [0.15, 0.2) is 0 Å². The summed E-state index contributed by atoms with van der Waals surface area (Å²) in [6.07, 6.45) is -5.23. The normalized spacial score (nSPS) is 13.9. The van der Waals surface area contributed by atoms with Gasteiger partial charge in [0.2, 0.25) is 0 Å². The van der Waals surface area contributed by atoms with Crippen molar-refractivity contribution in [2.24, 2.45) is 0 Å². The van der Waals surface area contributed by atoms with E-state index in [-0.39, 0.29) is 6.61 Å². The first-order valence-electron chi connectivity index (χ1n) is 3.14. The van der Waals surface area contributed by atoms with Crippen molar-refractivity contribution in [2.75, 3.05) is 13.2 Å². The van der Waals surface area contributed by atoms with Crippen molar-refractivity contribution in [1.29, 1.82) is 5.26 Å². The largest absolute Gasteiger partial charge is 0.391 e. The highest BCUT2D eigenvalue weighted by molar-refractivity contribution is 6.22. The molecule has 0 N–H and O–H groups in total. The van der Waals surface area contributed by atoms with Crippen molar-refractivity contribution in [3.63, 3.8) is 0 Å². The van der Waals surface area contributed by atoms with Crippen LogP contribution in [-0.4, -0.2) is 24.8 Å². The molecule has 0 aliphatic rings. The summed E-state index contributed by atoms with van der Waals surface area (Å²) in [7, 11) is 0. The van der Waals surface area contributed by atoms with Crippen LogP contribution in [0.25, 0.3) is 0 Å². The van der Waals surface area contributed by atoms with Crippen LogP contribution in [-0.2, 0) is 4.74 Å². The van der Waals surface area contributed by atoms with Crippen LogP contribution in [0.2, 0.25) is 0 Å². The lowest BCUT2D eigenvalue weighted by molar-refractivity contribution is -0.144. The second-order valence-corrected chi connectivity index (χ2v) is 2.56. The highest BCUT2D eigenvalue weighted by atomic mass is 35.5. The third kappa shape index (κ3) is 7.63. The van der Waals surface area contributed by atoms with Gasteiger partial charge in [0.1, 0.15) is 5.38 Å². The first-order valence-corrected chi connectivity index (χ1v) is 3.57. The molecule has 0 bridgehead atoms. The third-order valence-corrected chi connectivity index (χ3v) is 1.16. The Balaban J connectivity index is 3.29. The zero-order valence-corrected chi connectivity index (χ0v) is 6.82. The fourth-order valence-corrected chi connectivity index (χ4v) is 0.501. The van der Waals surface area contributed by atoms with Crippen LogP contribution in [0.15, 0.2) is 0 Å². The first kappa shape index (κ1) is 11.5. The second-order valence-electron chi connectivity index (χ2n) is 2.04. The zero-order valence-electron chi connectivity index (χ0n) is 6.07. The Morgan fingerprint density at radius 1 is 1.50 bits per heavy atom. The van der Waals surface area contributed by atoms with Crippen molar-refractivity contribution in [3.05, 3.63) is 0 Å². The minimum absolute atomic E-state index is 0.172. The molecule has 0 radical (unpaired) electrons. The standard InChI is InChI=1S/C6H7ClF3NO/c7-5(3-11)4-12-2-1-6(8,9)10/h5H,1-2,4H2. The second kappa shape index (κ2) is 5.22. The van der Waals surface area contributed by atoms with Crippen molar-refractivity contribution in [2.45, 2.75) is 18.0 Å². The predicted octanol–water partition coefficient (Wildman–Crippen LogP) is 2.09. The van der Waals surface area contributed by atoms with Gasteiger partial charge in [-0.25, -0.2) is 0 Å². The van der Waals surface area contributed by atoms with E-state index in [9.17, 15) is 13.2 Å². The van der Waals surface area contributed by atoms with Crippen molar-refractivity contribution in [3.8, 4) is 6.07 Å². The number of ether oxygens (including phenoxy) is 1. The number of hydrogen-bond acceptors (Lipinski definition) is 2. The summed E-state index contributed by atoms with van der Waals surface area (Å²) in [4.78, 5) is 0. The number of rotatable bonds is 4. The van der Waals surface area contributed by atoms with E-state index in [2.05, 4.69) is 4.74 Å². The summed E-state index contributed by atoms with van der Waals surface area (Å²) in [5.41, 5.74) is 0. The van der Waals surface area contributed by atoms with Crippen LogP contribution >= 0.6 is 11.6 Å². The summed E-state index contributed by atoms with van der Waals surface area (Å²) < 4.78 is 38.9. The Morgan fingerprint density at radius 3 is 2.50 bits per heavy atom. The lowest BCUT2D eigenvalue weighted by Gasteiger charge is -2.06. The van der Waals surface area contributed by atoms with Crippen LogP contribution in [0, 0.1) is 11.3 Å². The van der Waals surface area contributed by atoms with E-state index < -0.39 is 24.6 Å². The van der Waals surface area contributed by atoms with Crippen LogP contribution < -0.4 is 0 Å². The summed E-state index contributed by atoms with van der Waals surface area (Å²) in [5.74, 6) is 0. The molecule has 0 heterocycles. The summed E-state index contributed by atoms with van der Waals surface area (Å²) in [6.45, 7) is -0.622. The van der Waals surface area contributed by atoms with E-state index in [0.717, 1.165) is 0 Å². The maximum atomic E-state index is 11.5. The Labute approximate surface area is 72.9 Å². The predicted molar refractivity (Wildman–Crippen MR) is 36.7 cm³/mol. The smallest absolute Gasteiger partial charge is 0.378 e. The number of nitriles is 1. The number of alkyl halides is 4. The monoisotopic (exact) mass is 201 g/mol.